The number of methoxy groups -OCH3 is 1. The molecule has 2 aliphatic heterocycles. The highest BCUT2D eigenvalue weighted by molar-refractivity contribution is 6.30. The van der Waals surface area contributed by atoms with Gasteiger partial charge in [0.2, 0.25) is 5.91 Å². The predicted molar refractivity (Wildman–Crippen MR) is 130 cm³/mol. The maximum absolute atomic E-state index is 13.0. The highest BCUT2D eigenvalue weighted by atomic mass is 35.5. The lowest BCUT2D eigenvalue weighted by Crippen LogP contribution is -2.44. The third-order valence-corrected chi connectivity index (χ3v) is 7.05. The van der Waals surface area contributed by atoms with Crippen molar-refractivity contribution in [2.24, 2.45) is 5.92 Å². The molecule has 0 spiro atoms. The number of hydrogen-bond acceptors (Lipinski definition) is 4. The summed E-state index contributed by atoms with van der Waals surface area (Å²) in [7, 11) is 1.69. The summed E-state index contributed by atoms with van der Waals surface area (Å²) in [5, 5.41) is 3.82. The fourth-order valence-corrected chi connectivity index (χ4v) is 5.02. The van der Waals surface area contributed by atoms with Gasteiger partial charge in [0.15, 0.2) is 0 Å². The first-order valence-corrected chi connectivity index (χ1v) is 12.1. The molecule has 0 radical (unpaired) electrons. The molecule has 2 amide bonds. The van der Waals surface area contributed by atoms with E-state index in [-0.39, 0.29) is 23.8 Å². The van der Waals surface area contributed by atoms with Gasteiger partial charge in [-0.05, 0) is 69.1 Å². The van der Waals surface area contributed by atoms with Crippen LogP contribution in [0.1, 0.15) is 47.6 Å². The average molecular weight is 470 g/mol. The number of benzene rings is 2. The first-order chi connectivity index (χ1) is 16.1. The van der Waals surface area contributed by atoms with Crippen molar-refractivity contribution in [2.75, 3.05) is 39.8 Å². The Kier molecular flexibility index (Phi) is 7.89. The van der Waals surface area contributed by atoms with Gasteiger partial charge >= 0.3 is 0 Å². The van der Waals surface area contributed by atoms with Gasteiger partial charge in [-0.15, -0.1) is 0 Å². The van der Waals surface area contributed by atoms with Gasteiger partial charge < -0.3 is 15.0 Å². The molecule has 0 bridgehead atoms. The highest BCUT2D eigenvalue weighted by Gasteiger charge is 2.30. The Morgan fingerprint density at radius 2 is 1.70 bits per heavy atom. The summed E-state index contributed by atoms with van der Waals surface area (Å²) in [6, 6.07) is 15.1. The lowest BCUT2D eigenvalue weighted by atomic mass is 9.95. The van der Waals surface area contributed by atoms with Crippen LogP contribution in [0.2, 0.25) is 5.02 Å². The second-order valence-corrected chi connectivity index (χ2v) is 9.26. The van der Waals surface area contributed by atoms with Crippen LogP contribution in [-0.4, -0.2) is 61.4 Å². The average Bonchev–Trinajstić information content (AvgIpc) is 3.39. The van der Waals surface area contributed by atoms with Crippen molar-refractivity contribution in [2.45, 2.75) is 31.7 Å². The largest absolute Gasteiger partial charge is 0.496 e. The number of likely N-dealkylation sites (tertiary alicyclic amines) is 2. The summed E-state index contributed by atoms with van der Waals surface area (Å²) in [6.07, 6.45) is 3.71. The summed E-state index contributed by atoms with van der Waals surface area (Å²) >= 11 is 5.93. The molecule has 6 nitrogen and oxygen atoms in total. The van der Waals surface area contributed by atoms with E-state index in [9.17, 15) is 9.59 Å². The van der Waals surface area contributed by atoms with Crippen LogP contribution in [0.15, 0.2) is 48.5 Å². The van der Waals surface area contributed by atoms with Crippen LogP contribution in [0.5, 0.6) is 5.75 Å². The Labute approximate surface area is 200 Å². The SMILES string of the molecule is COc1ccccc1C(CNC(=O)C1CCN(C(=O)c2ccc(Cl)cc2)CC1)N1CCCC1. The smallest absolute Gasteiger partial charge is 0.253 e. The van der Waals surface area contributed by atoms with Crippen LogP contribution in [-0.2, 0) is 4.79 Å². The molecule has 0 aromatic heterocycles. The van der Waals surface area contributed by atoms with Crippen LogP contribution >= 0.6 is 11.6 Å². The van der Waals surface area contributed by atoms with Crippen molar-refractivity contribution in [3.63, 3.8) is 0 Å². The van der Waals surface area contributed by atoms with Crippen LogP contribution in [0.4, 0.5) is 0 Å². The number of amides is 2. The molecule has 1 atom stereocenters. The number of nitrogens with one attached hydrogen (secondary N) is 1. The normalized spacial score (nSPS) is 18.2. The van der Waals surface area contributed by atoms with E-state index in [1.165, 1.54) is 12.8 Å². The van der Waals surface area contributed by atoms with Gasteiger partial charge in [-0.25, -0.2) is 0 Å². The van der Waals surface area contributed by atoms with Crippen molar-refractivity contribution in [1.82, 2.24) is 15.1 Å². The summed E-state index contributed by atoms with van der Waals surface area (Å²) in [6.45, 7) is 3.79. The van der Waals surface area contributed by atoms with E-state index in [0.29, 0.717) is 43.1 Å². The molecule has 2 aromatic carbocycles. The van der Waals surface area contributed by atoms with Gasteiger partial charge in [0.25, 0.3) is 5.91 Å². The van der Waals surface area contributed by atoms with E-state index in [2.05, 4.69) is 16.3 Å². The Morgan fingerprint density at radius 1 is 1.03 bits per heavy atom. The molecular formula is C26H32ClN3O3. The zero-order chi connectivity index (χ0) is 23.2. The molecule has 2 heterocycles. The first kappa shape index (κ1) is 23.6. The molecule has 2 aromatic rings. The van der Waals surface area contributed by atoms with Gasteiger partial charge in [0.05, 0.1) is 13.2 Å². The van der Waals surface area contributed by atoms with E-state index in [0.717, 1.165) is 24.4 Å². The molecular weight excluding hydrogens is 438 g/mol. The second-order valence-electron chi connectivity index (χ2n) is 8.82. The number of hydrogen-bond donors (Lipinski definition) is 1. The van der Waals surface area contributed by atoms with E-state index >= 15 is 0 Å². The third kappa shape index (κ3) is 5.68. The molecule has 1 unspecified atom stereocenters. The van der Waals surface area contributed by atoms with Gasteiger partial charge in [-0.3, -0.25) is 14.5 Å². The fourth-order valence-electron chi connectivity index (χ4n) is 4.89. The van der Waals surface area contributed by atoms with Gasteiger partial charge in [-0.1, -0.05) is 29.8 Å². The number of nitrogens with zero attached hydrogens (tertiary/aromatic N) is 2. The Bertz CT molecular complexity index is 952. The summed E-state index contributed by atoms with van der Waals surface area (Å²) in [5.74, 6) is 0.859. The molecule has 7 heteroatoms. The topological polar surface area (TPSA) is 61.9 Å². The zero-order valence-corrected chi connectivity index (χ0v) is 19.9. The zero-order valence-electron chi connectivity index (χ0n) is 19.1. The standard InChI is InChI=1S/C26H32ClN3O3/c1-33-24-7-3-2-6-22(24)23(29-14-4-5-15-29)18-28-25(31)19-12-16-30(17-13-19)26(32)20-8-10-21(27)11-9-20/h2-3,6-11,19,23H,4-5,12-18H2,1H3,(H,28,31). The number of ether oxygens (including phenoxy) is 1. The first-order valence-electron chi connectivity index (χ1n) is 11.8. The van der Waals surface area contributed by atoms with E-state index < -0.39 is 0 Å². The molecule has 2 fully saturated rings. The van der Waals surface area contributed by atoms with E-state index in [4.69, 9.17) is 16.3 Å². The minimum atomic E-state index is -0.0730. The van der Waals surface area contributed by atoms with Crippen LogP contribution in [0, 0.1) is 5.92 Å². The predicted octanol–water partition coefficient (Wildman–Crippen LogP) is 4.15. The monoisotopic (exact) mass is 469 g/mol. The summed E-state index contributed by atoms with van der Waals surface area (Å²) in [5.41, 5.74) is 1.75. The molecule has 0 aliphatic carbocycles. The second kappa shape index (κ2) is 11.0. The quantitative estimate of drug-likeness (QED) is 0.661. The number of piperidine rings is 1. The highest BCUT2D eigenvalue weighted by Crippen LogP contribution is 2.31. The maximum Gasteiger partial charge on any atom is 0.253 e. The lowest BCUT2D eigenvalue weighted by molar-refractivity contribution is -0.126. The molecule has 0 saturated carbocycles. The summed E-state index contributed by atoms with van der Waals surface area (Å²) in [4.78, 5) is 30.0. The summed E-state index contributed by atoms with van der Waals surface area (Å²) < 4.78 is 5.60. The molecule has 1 N–H and O–H groups in total. The van der Waals surface area contributed by atoms with E-state index in [1.807, 2.05) is 23.1 Å². The van der Waals surface area contributed by atoms with Crippen molar-refractivity contribution in [3.8, 4) is 5.75 Å². The third-order valence-electron chi connectivity index (χ3n) is 6.79. The van der Waals surface area contributed by atoms with Crippen LogP contribution in [0.3, 0.4) is 0 Å². The van der Waals surface area contributed by atoms with Gasteiger partial charge in [-0.2, -0.15) is 0 Å². The Balaban J connectivity index is 1.34. The number of rotatable bonds is 7. The molecule has 2 saturated heterocycles. The van der Waals surface area contributed by atoms with Crippen molar-refractivity contribution >= 4 is 23.4 Å². The number of carbonyl (C=O) groups is 2. The van der Waals surface area contributed by atoms with Crippen molar-refractivity contribution in [3.05, 3.63) is 64.7 Å². The minimum Gasteiger partial charge on any atom is -0.496 e. The molecule has 2 aliphatic rings. The van der Waals surface area contributed by atoms with E-state index in [1.54, 1.807) is 31.4 Å². The lowest BCUT2D eigenvalue weighted by Gasteiger charge is -2.33. The van der Waals surface area contributed by atoms with Crippen LogP contribution in [0.25, 0.3) is 0 Å². The van der Waals surface area contributed by atoms with Crippen molar-refractivity contribution < 1.29 is 14.3 Å². The fraction of sp³-hybridized carbons (Fsp3) is 0.462. The minimum absolute atomic E-state index is 0.00389. The Morgan fingerprint density at radius 3 is 2.36 bits per heavy atom. The molecule has 33 heavy (non-hydrogen) atoms. The molecule has 176 valence electrons. The number of halogens is 1. The van der Waals surface area contributed by atoms with Gasteiger partial charge in [0, 0.05) is 41.7 Å². The Hall–Kier alpha value is -2.57. The molecule has 4 rings (SSSR count). The van der Waals surface area contributed by atoms with Crippen molar-refractivity contribution in [1.29, 1.82) is 0 Å². The number of para-hydroxylation sites is 1. The van der Waals surface area contributed by atoms with Crippen LogP contribution < -0.4 is 10.1 Å². The maximum atomic E-state index is 13.0. The number of carbonyl (C=O) groups excluding carboxylic acids is 2. The van der Waals surface area contributed by atoms with Gasteiger partial charge in [0.1, 0.15) is 5.75 Å².